The number of aromatic nitrogens is 3. The molecule has 2 aliphatic heterocycles. The van der Waals surface area contributed by atoms with Gasteiger partial charge in [-0.2, -0.15) is 0 Å². The number of anilines is 3. The first kappa shape index (κ1) is 21.7. The minimum absolute atomic E-state index is 0.0487. The maximum Gasteiger partial charge on any atom is 0.413 e. The van der Waals surface area contributed by atoms with Crippen LogP contribution in [0, 0.1) is 6.92 Å². The van der Waals surface area contributed by atoms with Gasteiger partial charge < -0.3 is 25.4 Å². The van der Waals surface area contributed by atoms with E-state index >= 15 is 0 Å². The highest BCUT2D eigenvalue weighted by Crippen LogP contribution is 2.36. The van der Waals surface area contributed by atoms with Crippen molar-refractivity contribution in [1.29, 1.82) is 0 Å². The molecule has 0 atom stereocenters. The van der Waals surface area contributed by atoms with E-state index in [0.717, 1.165) is 22.2 Å². The van der Waals surface area contributed by atoms with Crippen molar-refractivity contribution in [3.63, 3.8) is 0 Å². The van der Waals surface area contributed by atoms with Crippen LogP contribution >= 0.6 is 0 Å². The van der Waals surface area contributed by atoms with Gasteiger partial charge >= 0.3 is 6.09 Å². The summed E-state index contributed by atoms with van der Waals surface area (Å²) in [5.41, 5.74) is 8.78. The molecule has 5 rings (SSSR count). The Balaban J connectivity index is 1.39. The maximum atomic E-state index is 12.4. The molecular weight excluding hydrogens is 438 g/mol. The lowest BCUT2D eigenvalue weighted by Crippen LogP contribution is -2.63. The van der Waals surface area contributed by atoms with Gasteiger partial charge in [-0.15, -0.1) is 0 Å². The third-order valence-electron chi connectivity index (χ3n) is 6.03. The Morgan fingerprint density at radius 3 is 2.82 bits per heavy atom. The minimum Gasteiger partial charge on any atom is -0.474 e. The molecule has 0 radical (unpaired) electrons. The SMILES string of the molecule is CC(=O)N1CC(C)(OC(=O)Nc2cc3cc(-c4cnc5c(c4C)NCCO5)nc(N)c3cn2)C1. The van der Waals surface area contributed by atoms with Crippen molar-refractivity contribution < 1.29 is 19.1 Å². The van der Waals surface area contributed by atoms with Gasteiger partial charge in [-0.05, 0) is 36.9 Å². The zero-order valence-corrected chi connectivity index (χ0v) is 19.1. The third-order valence-corrected chi connectivity index (χ3v) is 6.03. The van der Waals surface area contributed by atoms with Gasteiger partial charge in [0.05, 0.1) is 18.8 Å². The van der Waals surface area contributed by atoms with Gasteiger partial charge in [0.2, 0.25) is 11.8 Å². The van der Waals surface area contributed by atoms with Crippen molar-refractivity contribution in [2.45, 2.75) is 26.4 Å². The van der Waals surface area contributed by atoms with Crippen LogP contribution < -0.4 is 21.1 Å². The summed E-state index contributed by atoms with van der Waals surface area (Å²) in [6.07, 6.45) is 2.64. The molecule has 0 spiro atoms. The number of nitrogens with one attached hydrogen (secondary N) is 2. The number of fused-ring (bicyclic) bond motifs is 2. The van der Waals surface area contributed by atoms with Crippen LogP contribution in [0.15, 0.2) is 24.5 Å². The molecule has 2 aliphatic rings. The highest BCUT2D eigenvalue weighted by atomic mass is 16.6. The third kappa shape index (κ3) is 3.89. The van der Waals surface area contributed by atoms with Crippen LogP contribution in [0.4, 0.5) is 22.1 Å². The summed E-state index contributed by atoms with van der Waals surface area (Å²) in [6, 6.07) is 3.59. The molecule has 0 saturated carbocycles. The molecule has 0 unspecified atom stereocenters. The molecule has 0 aromatic carbocycles. The predicted octanol–water partition coefficient (Wildman–Crippen LogP) is 2.56. The van der Waals surface area contributed by atoms with E-state index in [1.165, 1.54) is 6.92 Å². The molecule has 5 heterocycles. The summed E-state index contributed by atoms with van der Waals surface area (Å²) in [5.74, 6) is 1.16. The number of ether oxygens (including phenoxy) is 2. The number of nitrogens with two attached hydrogens (primary N) is 1. The topological polar surface area (TPSA) is 145 Å². The lowest BCUT2D eigenvalue weighted by atomic mass is 9.96. The molecular formula is C23H25N7O4. The second kappa shape index (κ2) is 8.01. The molecule has 0 aliphatic carbocycles. The molecule has 3 aromatic rings. The van der Waals surface area contributed by atoms with Gasteiger partial charge in [-0.1, -0.05) is 0 Å². The Kier molecular flexibility index (Phi) is 5.11. The Bertz CT molecular complexity index is 1320. The Morgan fingerprint density at radius 2 is 2.06 bits per heavy atom. The van der Waals surface area contributed by atoms with Crippen molar-refractivity contribution in [1.82, 2.24) is 19.9 Å². The zero-order chi connectivity index (χ0) is 24.0. The second-order valence-electron chi connectivity index (χ2n) is 8.78. The summed E-state index contributed by atoms with van der Waals surface area (Å²) in [4.78, 5) is 38.7. The molecule has 1 fully saturated rings. The average molecular weight is 463 g/mol. The van der Waals surface area contributed by atoms with Crippen LogP contribution in [-0.4, -0.2) is 63.7 Å². The lowest BCUT2D eigenvalue weighted by Gasteiger charge is -2.46. The fourth-order valence-electron chi connectivity index (χ4n) is 4.26. The van der Waals surface area contributed by atoms with Crippen LogP contribution in [0.1, 0.15) is 19.4 Å². The number of hydrogen-bond acceptors (Lipinski definition) is 9. The molecule has 11 nitrogen and oxygen atoms in total. The minimum atomic E-state index is -0.719. The van der Waals surface area contributed by atoms with Gasteiger partial charge in [0.25, 0.3) is 0 Å². The molecule has 176 valence electrons. The number of carbonyl (C=O) groups excluding carboxylic acids is 2. The van der Waals surface area contributed by atoms with Crippen LogP contribution in [0.5, 0.6) is 5.88 Å². The summed E-state index contributed by atoms with van der Waals surface area (Å²) >= 11 is 0. The van der Waals surface area contributed by atoms with E-state index in [2.05, 4.69) is 25.6 Å². The van der Waals surface area contributed by atoms with Gasteiger partial charge in [0.1, 0.15) is 29.5 Å². The quantitative estimate of drug-likeness (QED) is 0.533. The van der Waals surface area contributed by atoms with E-state index in [1.54, 1.807) is 30.3 Å². The number of likely N-dealkylation sites (tertiary alicyclic amines) is 1. The van der Waals surface area contributed by atoms with Gasteiger partial charge in [0.15, 0.2) is 0 Å². The fraction of sp³-hybridized carbons (Fsp3) is 0.348. The molecule has 34 heavy (non-hydrogen) atoms. The molecule has 3 aromatic heterocycles. The predicted molar refractivity (Wildman–Crippen MR) is 127 cm³/mol. The van der Waals surface area contributed by atoms with Crippen molar-refractivity contribution in [2.75, 3.05) is 42.6 Å². The Hall–Kier alpha value is -4.15. The van der Waals surface area contributed by atoms with E-state index in [1.807, 2.05) is 13.0 Å². The van der Waals surface area contributed by atoms with Crippen molar-refractivity contribution in [3.8, 4) is 17.1 Å². The Morgan fingerprint density at radius 1 is 1.26 bits per heavy atom. The van der Waals surface area contributed by atoms with Gasteiger partial charge in [-0.25, -0.2) is 19.7 Å². The zero-order valence-electron chi connectivity index (χ0n) is 19.1. The van der Waals surface area contributed by atoms with E-state index in [4.69, 9.17) is 15.2 Å². The first-order chi connectivity index (χ1) is 16.2. The highest BCUT2D eigenvalue weighted by Gasteiger charge is 2.43. The number of nitrogen functional groups attached to an aromatic ring is 1. The molecule has 0 bridgehead atoms. The number of carbonyl (C=O) groups is 2. The average Bonchev–Trinajstić information content (AvgIpc) is 2.77. The van der Waals surface area contributed by atoms with Crippen LogP contribution in [0.2, 0.25) is 0 Å². The van der Waals surface area contributed by atoms with Crippen LogP contribution in [0.3, 0.4) is 0 Å². The summed E-state index contributed by atoms with van der Waals surface area (Å²) in [5, 5.41) is 7.40. The molecule has 4 N–H and O–H groups in total. The normalized spacial score (nSPS) is 16.0. The first-order valence-electron chi connectivity index (χ1n) is 10.9. The van der Waals surface area contributed by atoms with Crippen LogP contribution in [-0.2, 0) is 9.53 Å². The van der Waals surface area contributed by atoms with Gasteiger partial charge in [0, 0.05) is 36.8 Å². The second-order valence-corrected chi connectivity index (χ2v) is 8.78. The number of nitrogens with zero attached hydrogens (tertiary/aromatic N) is 4. The number of hydrogen-bond donors (Lipinski definition) is 3. The van der Waals surface area contributed by atoms with Gasteiger partial charge in [-0.3, -0.25) is 10.1 Å². The maximum absolute atomic E-state index is 12.4. The summed E-state index contributed by atoms with van der Waals surface area (Å²) in [7, 11) is 0. The van der Waals surface area contributed by atoms with E-state index in [-0.39, 0.29) is 5.91 Å². The standard InChI is InChI=1S/C23H25N7O4/c1-12-15(8-27-21-19(12)25-4-5-33-21)17-6-14-7-18(26-9-16(14)20(24)28-17)29-22(32)34-23(3)10-30(11-23)13(2)31/h6-9,25H,4-5,10-11H2,1-3H3,(H2,24,28)(H,26,29,32). The van der Waals surface area contributed by atoms with E-state index in [9.17, 15) is 9.59 Å². The molecule has 11 heteroatoms. The van der Waals surface area contributed by atoms with E-state index in [0.29, 0.717) is 54.8 Å². The summed E-state index contributed by atoms with van der Waals surface area (Å²) < 4.78 is 11.1. The van der Waals surface area contributed by atoms with Crippen LogP contribution in [0.25, 0.3) is 22.0 Å². The number of amides is 2. The van der Waals surface area contributed by atoms with Crippen molar-refractivity contribution >= 4 is 40.1 Å². The van der Waals surface area contributed by atoms with E-state index < -0.39 is 11.7 Å². The van der Waals surface area contributed by atoms with Crippen molar-refractivity contribution in [2.24, 2.45) is 0 Å². The Labute approximate surface area is 195 Å². The molecule has 1 saturated heterocycles. The fourth-order valence-corrected chi connectivity index (χ4v) is 4.26. The smallest absolute Gasteiger partial charge is 0.413 e. The van der Waals surface area contributed by atoms with Crippen molar-refractivity contribution in [3.05, 3.63) is 30.1 Å². The number of pyridine rings is 3. The monoisotopic (exact) mass is 463 g/mol. The largest absolute Gasteiger partial charge is 0.474 e. The first-order valence-corrected chi connectivity index (χ1v) is 10.9. The lowest BCUT2D eigenvalue weighted by molar-refractivity contribution is -0.149. The highest BCUT2D eigenvalue weighted by molar-refractivity contribution is 5.96. The number of rotatable bonds is 3. The molecule has 2 amide bonds. The summed E-state index contributed by atoms with van der Waals surface area (Å²) in [6.45, 7) is 7.24.